The summed E-state index contributed by atoms with van der Waals surface area (Å²) in [4.78, 5) is 36.3. The summed E-state index contributed by atoms with van der Waals surface area (Å²) in [5, 5.41) is 19.9. The van der Waals surface area contributed by atoms with Crippen LogP contribution in [-0.2, 0) is 19.2 Å². The summed E-state index contributed by atoms with van der Waals surface area (Å²) in [6, 6.07) is 0. The predicted octanol–water partition coefficient (Wildman–Crippen LogP) is -1.47. The zero-order valence-corrected chi connectivity index (χ0v) is 8.80. The Labute approximate surface area is 91.7 Å². The Morgan fingerprint density at radius 2 is 1.88 bits per heavy atom. The van der Waals surface area contributed by atoms with Gasteiger partial charge in [-0.3, -0.25) is 19.2 Å². The van der Waals surface area contributed by atoms with E-state index in [0.29, 0.717) is 5.06 Å². The number of carbonyl (C=O) groups excluding carboxylic acids is 1. The van der Waals surface area contributed by atoms with Crippen LogP contribution < -0.4 is 5.32 Å². The SMILES string of the molecule is CON(CC(=O)O)C(=O)CCNCC(=O)O. The minimum Gasteiger partial charge on any atom is -0.480 e. The van der Waals surface area contributed by atoms with Crippen LogP contribution in [0.25, 0.3) is 0 Å². The topological polar surface area (TPSA) is 116 Å². The molecule has 0 aromatic rings. The van der Waals surface area contributed by atoms with Gasteiger partial charge in [-0.2, -0.15) is 0 Å². The first kappa shape index (κ1) is 14.3. The first-order valence-electron chi connectivity index (χ1n) is 4.46. The van der Waals surface area contributed by atoms with Crippen LogP contribution in [0.15, 0.2) is 0 Å². The van der Waals surface area contributed by atoms with Crippen LogP contribution in [0, 0.1) is 0 Å². The summed E-state index contributed by atoms with van der Waals surface area (Å²) in [5.74, 6) is -2.74. The van der Waals surface area contributed by atoms with Gasteiger partial charge in [-0.15, -0.1) is 0 Å². The Bertz CT molecular complexity index is 267. The second-order valence-electron chi connectivity index (χ2n) is 2.83. The Morgan fingerprint density at radius 3 is 2.31 bits per heavy atom. The van der Waals surface area contributed by atoms with Gasteiger partial charge in [0.05, 0.1) is 13.7 Å². The first-order valence-corrected chi connectivity index (χ1v) is 4.46. The Hall–Kier alpha value is -1.67. The van der Waals surface area contributed by atoms with Crippen molar-refractivity contribution < 1.29 is 29.4 Å². The van der Waals surface area contributed by atoms with Gasteiger partial charge in [-0.25, -0.2) is 5.06 Å². The zero-order valence-electron chi connectivity index (χ0n) is 8.80. The third kappa shape index (κ3) is 6.74. The molecule has 1 amide bonds. The van der Waals surface area contributed by atoms with Gasteiger partial charge >= 0.3 is 11.9 Å². The molecule has 0 radical (unpaired) electrons. The number of aliphatic carboxylic acids is 2. The highest BCUT2D eigenvalue weighted by Gasteiger charge is 2.15. The molecule has 8 heteroatoms. The summed E-state index contributed by atoms with van der Waals surface area (Å²) in [7, 11) is 1.19. The molecule has 0 fully saturated rings. The maximum absolute atomic E-state index is 11.3. The van der Waals surface area contributed by atoms with E-state index >= 15 is 0 Å². The van der Waals surface area contributed by atoms with E-state index in [9.17, 15) is 14.4 Å². The normalized spacial score (nSPS) is 9.81. The molecule has 0 aliphatic heterocycles. The van der Waals surface area contributed by atoms with Crippen molar-refractivity contribution in [1.29, 1.82) is 0 Å². The molecular formula is C8H14N2O6. The van der Waals surface area contributed by atoms with E-state index in [-0.39, 0.29) is 19.5 Å². The lowest BCUT2D eigenvalue weighted by Gasteiger charge is -2.17. The van der Waals surface area contributed by atoms with Crippen LogP contribution in [0.5, 0.6) is 0 Å². The Balaban J connectivity index is 3.84. The monoisotopic (exact) mass is 234 g/mol. The van der Waals surface area contributed by atoms with Crippen molar-refractivity contribution in [3.63, 3.8) is 0 Å². The standard InChI is InChI=1S/C8H14N2O6/c1-16-10(5-8(14)15)6(11)2-3-9-4-7(12)13/h9H,2-5H2,1H3,(H,12,13)(H,14,15). The van der Waals surface area contributed by atoms with E-state index in [1.807, 2.05) is 0 Å². The fourth-order valence-electron chi connectivity index (χ4n) is 0.893. The molecule has 92 valence electrons. The zero-order chi connectivity index (χ0) is 12.6. The fraction of sp³-hybridized carbons (Fsp3) is 0.625. The number of carbonyl (C=O) groups is 3. The van der Waals surface area contributed by atoms with Crippen LogP contribution in [0.2, 0.25) is 0 Å². The molecule has 3 N–H and O–H groups in total. The van der Waals surface area contributed by atoms with Crippen molar-refractivity contribution in [3.8, 4) is 0 Å². The number of nitrogens with zero attached hydrogens (tertiary/aromatic N) is 1. The minimum atomic E-state index is -1.19. The van der Waals surface area contributed by atoms with Crippen molar-refractivity contribution in [2.45, 2.75) is 6.42 Å². The molecule has 0 saturated carbocycles. The maximum atomic E-state index is 11.3. The van der Waals surface area contributed by atoms with E-state index in [4.69, 9.17) is 10.2 Å². The van der Waals surface area contributed by atoms with Crippen LogP contribution in [-0.4, -0.2) is 59.9 Å². The minimum absolute atomic E-state index is 0.0333. The summed E-state index contributed by atoms with van der Waals surface area (Å²) < 4.78 is 0. The molecule has 16 heavy (non-hydrogen) atoms. The molecule has 0 aliphatic carbocycles. The molecule has 0 bridgehead atoms. The Kier molecular flexibility index (Phi) is 6.81. The van der Waals surface area contributed by atoms with Gasteiger partial charge in [-0.1, -0.05) is 0 Å². The number of carboxylic acid groups (broad SMARTS) is 2. The smallest absolute Gasteiger partial charge is 0.325 e. The van der Waals surface area contributed by atoms with Crippen LogP contribution in [0.4, 0.5) is 0 Å². The molecular weight excluding hydrogens is 220 g/mol. The van der Waals surface area contributed by atoms with Gasteiger partial charge in [-0.05, 0) is 0 Å². The quantitative estimate of drug-likeness (QED) is 0.346. The lowest BCUT2D eigenvalue weighted by molar-refractivity contribution is -0.182. The number of hydrogen-bond donors (Lipinski definition) is 3. The number of hydrogen-bond acceptors (Lipinski definition) is 5. The molecule has 0 heterocycles. The average molecular weight is 234 g/mol. The van der Waals surface area contributed by atoms with Gasteiger partial charge in [0.2, 0.25) is 5.91 Å². The molecule has 0 aliphatic rings. The number of hydroxylamine groups is 2. The van der Waals surface area contributed by atoms with Crippen molar-refractivity contribution in [2.24, 2.45) is 0 Å². The second kappa shape index (κ2) is 7.60. The van der Waals surface area contributed by atoms with Gasteiger partial charge in [0, 0.05) is 13.0 Å². The van der Waals surface area contributed by atoms with Crippen molar-refractivity contribution >= 4 is 17.8 Å². The summed E-state index contributed by atoms with van der Waals surface area (Å²) in [5.41, 5.74) is 0. The van der Waals surface area contributed by atoms with Crippen LogP contribution >= 0.6 is 0 Å². The molecule has 8 nitrogen and oxygen atoms in total. The average Bonchev–Trinajstić information content (AvgIpc) is 2.20. The number of amides is 1. The maximum Gasteiger partial charge on any atom is 0.325 e. The molecule has 0 spiro atoms. The van der Waals surface area contributed by atoms with E-state index in [2.05, 4.69) is 10.2 Å². The predicted molar refractivity (Wildman–Crippen MR) is 51.5 cm³/mol. The molecule has 0 unspecified atom stereocenters. The summed E-state index contributed by atoms with van der Waals surface area (Å²) >= 11 is 0. The van der Waals surface area contributed by atoms with Crippen molar-refractivity contribution in [1.82, 2.24) is 10.4 Å². The highest BCUT2D eigenvalue weighted by Crippen LogP contribution is 1.93. The Morgan fingerprint density at radius 1 is 1.25 bits per heavy atom. The summed E-state index contributed by atoms with van der Waals surface area (Å²) in [6.45, 7) is -0.655. The third-order valence-electron chi connectivity index (χ3n) is 1.57. The third-order valence-corrected chi connectivity index (χ3v) is 1.57. The van der Waals surface area contributed by atoms with Crippen LogP contribution in [0.1, 0.15) is 6.42 Å². The van der Waals surface area contributed by atoms with Crippen molar-refractivity contribution in [3.05, 3.63) is 0 Å². The van der Waals surface area contributed by atoms with Gasteiger partial charge in [0.25, 0.3) is 0 Å². The molecule has 0 aromatic carbocycles. The second-order valence-corrected chi connectivity index (χ2v) is 2.83. The molecule has 0 saturated heterocycles. The first-order chi connectivity index (χ1) is 7.47. The number of nitrogens with one attached hydrogen (secondary N) is 1. The van der Waals surface area contributed by atoms with E-state index in [0.717, 1.165) is 0 Å². The highest BCUT2D eigenvalue weighted by atomic mass is 16.7. The fourth-order valence-corrected chi connectivity index (χ4v) is 0.893. The lowest BCUT2D eigenvalue weighted by atomic mass is 10.4. The number of carboxylic acids is 2. The van der Waals surface area contributed by atoms with Crippen LogP contribution in [0.3, 0.4) is 0 Å². The van der Waals surface area contributed by atoms with Crippen molar-refractivity contribution in [2.75, 3.05) is 26.7 Å². The van der Waals surface area contributed by atoms with Gasteiger partial charge in [0.15, 0.2) is 0 Å². The lowest BCUT2D eigenvalue weighted by Crippen LogP contribution is -2.36. The van der Waals surface area contributed by atoms with E-state index in [1.165, 1.54) is 7.11 Å². The molecule has 0 aromatic heterocycles. The van der Waals surface area contributed by atoms with Gasteiger partial charge < -0.3 is 15.5 Å². The summed E-state index contributed by atoms with van der Waals surface area (Å²) in [6.07, 6.45) is -0.0333. The largest absolute Gasteiger partial charge is 0.480 e. The molecule has 0 rings (SSSR count). The van der Waals surface area contributed by atoms with E-state index in [1.54, 1.807) is 0 Å². The number of rotatable bonds is 8. The molecule has 0 atom stereocenters. The highest BCUT2D eigenvalue weighted by molar-refractivity contribution is 5.80. The van der Waals surface area contributed by atoms with E-state index < -0.39 is 24.4 Å². The van der Waals surface area contributed by atoms with Gasteiger partial charge in [0.1, 0.15) is 6.54 Å².